The van der Waals surface area contributed by atoms with E-state index in [1.54, 1.807) is 55.1 Å². The first-order valence-corrected chi connectivity index (χ1v) is 16.7. The number of hydrogen-bond donors (Lipinski definition) is 0. The number of nitriles is 1. The predicted molar refractivity (Wildman–Crippen MR) is 175 cm³/mol. The van der Waals surface area contributed by atoms with Crippen LogP contribution in [0.3, 0.4) is 0 Å². The molecule has 3 heterocycles. The van der Waals surface area contributed by atoms with Gasteiger partial charge in [-0.25, -0.2) is 13.1 Å². The van der Waals surface area contributed by atoms with E-state index in [1.165, 1.54) is 4.31 Å². The molecule has 9 nitrogen and oxygen atoms in total. The molecular weight excluding hydrogens is 598 g/mol. The summed E-state index contributed by atoms with van der Waals surface area (Å²) in [6, 6.07) is 26.7. The van der Waals surface area contributed by atoms with E-state index < -0.39 is 27.9 Å². The number of nitrogens with zero attached hydrogens (tertiary/aromatic N) is 5. The smallest absolute Gasteiger partial charge is 0.269 e. The first-order valence-electron chi connectivity index (χ1n) is 15.2. The van der Waals surface area contributed by atoms with Crippen molar-refractivity contribution in [1.82, 2.24) is 19.0 Å². The van der Waals surface area contributed by atoms with E-state index in [4.69, 9.17) is 5.10 Å². The molecule has 3 aromatic carbocycles. The third-order valence-electron chi connectivity index (χ3n) is 8.59. The van der Waals surface area contributed by atoms with Crippen LogP contribution in [-0.2, 0) is 19.6 Å². The Balaban J connectivity index is 1.45. The maximum atomic E-state index is 14.1. The molecule has 0 saturated carbocycles. The van der Waals surface area contributed by atoms with Crippen LogP contribution in [0.2, 0.25) is 0 Å². The number of sulfonamides is 1. The van der Waals surface area contributed by atoms with Crippen LogP contribution in [0.25, 0.3) is 23.0 Å². The quantitative estimate of drug-likeness (QED) is 0.181. The third-order valence-corrected chi connectivity index (χ3v) is 10.5. The van der Waals surface area contributed by atoms with Crippen molar-refractivity contribution < 1.29 is 18.0 Å². The molecule has 0 radical (unpaired) electrons. The molecule has 0 bridgehead atoms. The van der Waals surface area contributed by atoms with E-state index in [-0.39, 0.29) is 21.6 Å². The molecule has 2 aliphatic heterocycles. The fourth-order valence-corrected chi connectivity index (χ4v) is 7.47. The monoisotopic (exact) mass is 631 g/mol. The van der Waals surface area contributed by atoms with Gasteiger partial charge in [0.2, 0.25) is 10.0 Å². The van der Waals surface area contributed by atoms with Gasteiger partial charge in [-0.05, 0) is 68.2 Å². The van der Waals surface area contributed by atoms with Gasteiger partial charge in [-0.15, -0.1) is 0 Å². The lowest BCUT2D eigenvalue weighted by Gasteiger charge is -2.32. The average molecular weight is 632 g/mol. The van der Waals surface area contributed by atoms with Crippen molar-refractivity contribution in [2.24, 2.45) is 0 Å². The zero-order chi connectivity index (χ0) is 32.4. The Morgan fingerprint density at radius 2 is 1.50 bits per heavy atom. The van der Waals surface area contributed by atoms with Gasteiger partial charge in [-0.2, -0.15) is 14.7 Å². The Kier molecular flexibility index (Phi) is 8.54. The highest BCUT2D eigenvalue weighted by atomic mass is 32.2. The summed E-state index contributed by atoms with van der Waals surface area (Å²) in [5.41, 5.74) is 3.67. The molecule has 4 aromatic rings. The van der Waals surface area contributed by atoms with Crippen LogP contribution in [-0.4, -0.2) is 52.3 Å². The van der Waals surface area contributed by atoms with Gasteiger partial charge >= 0.3 is 0 Å². The summed E-state index contributed by atoms with van der Waals surface area (Å²) in [6.07, 6.45) is 6.16. The number of piperidine rings is 1. The summed E-state index contributed by atoms with van der Waals surface area (Å²) in [5.74, 6) is -1.15. The molecule has 1 aromatic heterocycles. The number of carbonyl (C=O) groups is 2. The number of amides is 2. The summed E-state index contributed by atoms with van der Waals surface area (Å²) >= 11 is 0. The summed E-state index contributed by atoms with van der Waals surface area (Å²) < 4.78 is 29.8. The largest absolute Gasteiger partial charge is 0.272 e. The van der Waals surface area contributed by atoms with Crippen molar-refractivity contribution in [1.29, 1.82) is 5.26 Å². The van der Waals surface area contributed by atoms with E-state index in [2.05, 4.69) is 0 Å². The SMILES string of the molecule is CC1=C(C#N)C(=O)N(C(C)c2ccccc2)C(=O)/C1=C/c1cn(-c2ccccc2)nc1-c1ccc(S(=O)(=O)N2CCCCC2)cc1. The number of carbonyl (C=O) groups excluding carboxylic acids is 2. The zero-order valence-electron chi connectivity index (χ0n) is 25.6. The van der Waals surface area contributed by atoms with Gasteiger partial charge in [0.1, 0.15) is 11.6 Å². The van der Waals surface area contributed by atoms with Crippen molar-refractivity contribution in [2.45, 2.75) is 44.0 Å². The van der Waals surface area contributed by atoms with Crippen LogP contribution in [0, 0.1) is 11.3 Å². The average Bonchev–Trinajstić information content (AvgIpc) is 3.52. The van der Waals surface area contributed by atoms with Gasteiger partial charge in [0.05, 0.1) is 22.3 Å². The molecule has 232 valence electrons. The van der Waals surface area contributed by atoms with Gasteiger partial charge in [0.25, 0.3) is 11.8 Å². The first-order chi connectivity index (χ1) is 22.2. The highest BCUT2D eigenvalue weighted by Crippen LogP contribution is 2.35. The Bertz CT molecular complexity index is 2000. The van der Waals surface area contributed by atoms with Gasteiger partial charge in [0.15, 0.2) is 0 Å². The maximum Gasteiger partial charge on any atom is 0.272 e. The molecular formula is C36H33N5O4S. The molecule has 10 heteroatoms. The Morgan fingerprint density at radius 1 is 0.870 bits per heavy atom. The van der Waals surface area contributed by atoms with Crippen LogP contribution in [0.5, 0.6) is 0 Å². The standard InChI is InChI=1S/C36H33N5O4S/c1-25-32(35(42)41(36(43)33(25)23-37)26(2)27-12-6-3-7-13-27)22-29-24-40(30-14-8-4-9-15-30)38-34(29)28-16-18-31(19-17-28)46(44,45)39-20-10-5-11-21-39/h3-4,6-9,12-19,22,24,26H,5,10-11,20-21H2,1-2H3/b32-22+. The second-order valence-electron chi connectivity index (χ2n) is 11.4. The fourth-order valence-electron chi connectivity index (χ4n) is 5.96. The lowest BCUT2D eigenvalue weighted by Crippen LogP contribution is -2.44. The second-order valence-corrected chi connectivity index (χ2v) is 13.4. The number of aromatic nitrogens is 2. The Labute approximate surface area is 268 Å². The molecule has 1 saturated heterocycles. The molecule has 46 heavy (non-hydrogen) atoms. The van der Waals surface area contributed by atoms with Crippen molar-refractivity contribution in [3.8, 4) is 23.0 Å². The number of para-hydroxylation sites is 1. The van der Waals surface area contributed by atoms with Crippen molar-refractivity contribution in [3.05, 3.63) is 119 Å². The molecule has 0 spiro atoms. The van der Waals surface area contributed by atoms with Crippen molar-refractivity contribution in [2.75, 3.05) is 13.1 Å². The van der Waals surface area contributed by atoms with Gasteiger partial charge < -0.3 is 0 Å². The molecule has 0 N–H and O–H groups in total. The predicted octanol–water partition coefficient (Wildman–Crippen LogP) is 6.07. The zero-order valence-corrected chi connectivity index (χ0v) is 26.4. The highest BCUT2D eigenvalue weighted by Gasteiger charge is 2.39. The van der Waals surface area contributed by atoms with Crippen LogP contribution in [0.1, 0.15) is 50.3 Å². The molecule has 1 atom stereocenters. The van der Waals surface area contributed by atoms with E-state index in [0.29, 0.717) is 29.9 Å². The van der Waals surface area contributed by atoms with E-state index in [1.807, 2.05) is 66.7 Å². The first kappa shape index (κ1) is 30.9. The van der Waals surface area contributed by atoms with Crippen molar-refractivity contribution in [3.63, 3.8) is 0 Å². The normalized spacial score (nSPS) is 17.8. The van der Waals surface area contributed by atoms with Crippen LogP contribution in [0.15, 0.2) is 113 Å². The van der Waals surface area contributed by atoms with Gasteiger partial charge in [-0.1, -0.05) is 67.1 Å². The summed E-state index contributed by atoms with van der Waals surface area (Å²) in [6.45, 7) is 4.39. The lowest BCUT2D eigenvalue weighted by molar-refractivity contribution is -0.143. The van der Waals surface area contributed by atoms with Crippen LogP contribution >= 0.6 is 0 Å². The van der Waals surface area contributed by atoms with Crippen LogP contribution in [0.4, 0.5) is 0 Å². The molecule has 2 aliphatic rings. The van der Waals surface area contributed by atoms with E-state index in [0.717, 1.165) is 35.4 Å². The number of imide groups is 1. The van der Waals surface area contributed by atoms with Gasteiger partial charge in [-0.3, -0.25) is 14.5 Å². The van der Waals surface area contributed by atoms with E-state index >= 15 is 0 Å². The highest BCUT2D eigenvalue weighted by molar-refractivity contribution is 7.89. The minimum atomic E-state index is -3.62. The number of benzene rings is 3. The summed E-state index contributed by atoms with van der Waals surface area (Å²) in [7, 11) is -3.62. The fraction of sp³-hybridized carbons (Fsp3) is 0.222. The number of rotatable bonds is 7. The third kappa shape index (κ3) is 5.71. The number of hydrogen-bond acceptors (Lipinski definition) is 6. The van der Waals surface area contributed by atoms with Gasteiger partial charge in [0, 0.05) is 36.0 Å². The molecule has 0 aliphatic carbocycles. The summed E-state index contributed by atoms with van der Waals surface area (Å²) in [4.78, 5) is 28.8. The maximum absolute atomic E-state index is 14.1. The second kappa shape index (κ2) is 12.7. The molecule has 1 unspecified atom stereocenters. The molecule has 6 rings (SSSR count). The molecule has 1 fully saturated rings. The minimum Gasteiger partial charge on any atom is -0.269 e. The molecule has 2 amide bonds. The Morgan fingerprint density at radius 3 is 2.13 bits per heavy atom. The van der Waals surface area contributed by atoms with E-state index in [9.17, 15) is 23.3 Å². The van der Waals surface area contributed by atoms with Crippen LogP contribution < -0.4 is 0 Å². The minimum absolute atomic E-state index is 0.0992. The Hall–Kier alpha value is -5.11. The van der Waals surface area contributed by atoms with Crippen molar-refractivity contribution >= 4 is 27.9 Å². The summed E-state index contributed by atoms with van der Waals surface area (Å²) in [5, 5.41) is 14.8. The topological polar surface area (TPSA) is 116 Å². The lowest BCUT2D eigenvalue weighted by atomic mass is 9.91.